The molecule has 0 spiro atoms. The summed E-state index contributed by atoms with van der Waals surface area (Å²) in [6.07, 6.45) is 11.4. The van der Waals surface area contributed by atoms with Crippen LogP contribution in [0.5, 0.6) is 5.75 Å². The van der Waals surface area contributed by atoms with E-state index in [-0.39, 0.29) is 5.82 Å². The Morgan fingerprint density at radius 3 is 2.42 bits per heavy atom. The summed E-state index contributed by atoms with van der Waals surface area (Å²) >= 11 is 0. The molecule has 0 amide bonds. The van der Waals surface area contributed by atoms with Crippen LogP contribution >= 0.6 is 0 Å². The molecule has 4 rings (SSSR count). The third-order valence-electron chi connectivity index (χ3n) is 7.18. The van der Waals surface area contributed by atoms with Gasteiger partial charge in [-0.2, -0.15) is 0 Å². The first-order valence-electron chi connectivity index (χ1n) is 11.9. The molecule has 2 saturated carbocycles. The number of hydrogen-bond donors (Lipinski definition) is 0. The van der Waals surface area contributed by atoms with Crippen LogP contribution in [0.3, 0.4) is 0 Å². The predicted molar refractivity (Wildman–Crippen MR) is 125 cm³/mol. The normalized spacial score (nSPS) is 26.0. The molecule has 2 aromatic carbocycles. The van der Waals surface area contributed by atoms with Crippen LogP contribution in [0, 0.1) is 17.7 Å². The molecule has 0 aliphatic heterocycles. The first kappa shape index (κ1) is 22.1. The molecule has 0 aromatic heterocycles. The quantitative estimate of drug-likeness (QED) is 0.429. The summed E-state index contributed by atoms with van der Waals surface area (Å²) in [5, 5.41) is 0. The lowest BCUT2D eigenvalue weighted by molar-refractivity contribution is -0.00968. The van der Waals surface area contributed by atoms with Crippen molar-refractivity contribution >= 4 is 0 Å². The number of fused-ring (bicyclic) bond motifs is 1. The van der Waals surface area contributed by atoms with Gasteiger partial charge in [-0.3, -0.25) is 0 Å². The molecule has 2 aromatic rings. The molecule has 4 unspecified atom stereocenters. The van der Waals surface area contributed by atoms with E-state index in [0.29, 0.717) is 18.6 Å². The lowest BCUT2D eigenvalue weighted by Gasteiger charge is -2.42. The number of rotatable bonds is 7. The van der Waals surface area contributed by atoms with E-state index in [1.54, 1.807) is 6.07 Å². The summed E-state index contributed by atoms with van der Waals surface area (Å²) in [6.45, 7) is 5.44. The van der Waals surface area contributed by atoms with Gasteiger partial charge in [0.1, 0.15) is 18.2 Å². The minimum Gasteiger partial charge on any atom is -0.490 e. The SMILES string of the molecule is C/C=C/COc1ccc(-c2ccc(C3CCC4CC(OCC)CCC4C3)c(F)c2)cc1. The molecule has 4 atom stereocenters. The average molecular weight is 423 g/mol. The smallest absolute Gasteiger partial charge is 0.127 e. The molecule has 2 fully saturated rings. The number of benzene rings is 2. The highest BCUT2D eigenvalue weighted by atomic mass is 19.1. The van der Waals surface area contributed by atoms with E-state index in [1.807, 2.05) is 49.4 Å². The Balaban J connectivity index is 1.40. The number of hydrogen-bond acceptors (Lipinski definition) is 2. The zero-order chi connectivity index (χ0) is 21.6. The first-order chi connectivity index (χ1) is 15.2. The van der Waals surface area contributed by atoms with Crippen LogP contribution < -0.4 is 4.74 Å². The highest BCUT2D eigenvalue weighted by Crippen LogP contribution is 2.47. The minimum atomic E-state index is -0.0580. The van der Waals surface area contributed by atoms with Crippen LogP contribution in [0.4, 0.5) is 4.39 Å². The van der Waals surface area contributed by atoms with Crippen molar-refractivity contribution in [3.8, 4) is 16.9 Å². The van der Waals surface area contributed by atoms with Crippen LogP contribution in [-0.2, 0) is 4.74 Å². The summed E-state index contributed by atoms with van der Waals surface area (Å²) < 4.78 is 26.7. The predicted octanol–water partition coefficient (Wildman–Crippen LogP) is 7.54. The molecule has 0 heterocycles. The van der Waals surface area contributed by atoms with Crippen molar-refractivity contribution in [1.82, 2.24) is 0 Å². The number of allylic oxidation sites excluding steroid dienone is 1. The maximum Gasteiger partial charge on any atom is 0.127 e. The summed E-state index contributed by atoms with van der Waals surface area (Å²) in [5.74, 6) is 2.61. The Hall–Kier alpha value is -2.13. The van der Waals surface area contributed by atoms with Crippen molar-refractivity contribution in [2.75, 3.05) is 13.2 Å². The van der Waals surface area contributed by atoms with Gasteiger partial charge >= 0.3 is 0 Å². The van der Waals surface area contributed by atoms with Gasteiger partial charge in [0.2, 0.25) is 0 Å². The van der Waals surface area contributed by atoms with E-state index in [4.69, 9.17) is 9.47 Å². The lowest BCUT2D eigenvalue weighted by Crippen LogP contribution is -2.33. The Morgan fingerprint density at radius 2 is 1.68 bits per heavy atom. The fourth-order valence-electron chi connectivity index (χ4n) is 5.54. The third-order valence-corrected chi connectivity index (χ3v) is 7.18. The second kappa shape index (κ2) is 10.5. The molecule has 31 heavy (non-hydrogen) atoms. The second-order valence-electron chi connectivity index (χ2n) is 9.06. The highest BCUT2D eigenvalue weighted by molar-refractivity contribution is 5.64. The van der Waals surface area contributed by atoms with E-state index in [0.717, 1.165) is 60.1 Å². The Kier molecular flexibility index (Phi) is 7.45. The zero-order valence-electron chi connectivity index (χ0n) is 18.9. The van der Waals surface area contributed by atoms with Gasteiger partial charge in [-0.15, -0.1) is 0 Å². The number of ether oxygens (including phenoxy) is 2. The van der Waals surface area contributed by atoms with Crippen LogP contribution in [-0.4, -0.2) is 19.3 Å². The average Bonchev–Trinajstić information content (AvgIpc) is 2.79. The molecule has 2 aliphatic rings. The molecule has 2 nitrogen and oxygen atoms in total. The molecule has 0 N–H and O–H groups in total. The number of halogens is 1. The van der Waals surface area contributed by atoms with E-state index >= 15 is 4.39 Å². The van der Waals surface area contributed by atoms with Crippen molar-refractivity contribution in [2.24, 2.45) is 11.8 Å². The van der Waals surface area contributed by atoms with Gasteiger partial charge in [0.15, 0.2) is 0 Å². The molecule has 166 valence electrons. The third kappa shape index (κ3) is 5.38. The van der Waals surface area contributed by atoms with Crippen LogP contribution in [0.15, 0.2) is 54.6 Å². The summed E-state index contributed by atoms with van der Waals surface area (Å²) in [4.78, 5) is 0. The van der Waals surface area contributed by atoms with E-state index in [1.165, 1.54) is 19.3 Å². The van der Waals surface area contributed by atoms with E-state index in [9.17, 15) is 0 Å². The topological polar surface area (TPSA) is 18.5 Å². The van der Waals surface area contributed by atoms with Crippen molar-refractivity contribution in [3.05, 3.63) is 66.0 Å². The van der Waals surface area contributed by atoms with Gasteiger partial charge in [-0.1, -0.05) is 36.4 Å². The van der Waals surface area contributed by atoms with Gasteiger partial charge in [-0.05, 0) is 105 Å². The Morgan fingerprint density at radius 1 is 0.935 bits per heavy atom. The molecule has 0 bridgehead atoms. The van der Waals surface area contributed by atoms with E-state index < -0.39 is 0 Å². The fraction of sp³-hybridized carbons (Fsp3) is 0.500. The Bertz CT molecular complexity index is 873. The fourth-order valence-corrected chi connectivity index (χ4v) is 5.54. The maximum atomic E-state index is 15.1. The van der Waals surface area contributed by atoms with Crippen LogP contribution in [0.2, 0.25) is 0 Å². The minimum absolute atomic E-state index is 0.0580. The zero-order valence-corrected chi connectivity index (χ0v) is 18.9. The molecule has 3 heteroatoms. The Labute approximate surface area is 186 Å². The van der Waals surface area contributed by atoms with Crippen molar-refractivity contribution in [1.29, 1.82) is 0 Å². The van der Waals surface area contributed by atoms with Gasteiger partial charge in [0, 0.05) is 6.61 Å². The van der Waals surface area contributed by atoms with Crippen molar-refractivity contribution in [2.45, 2.75) is 64.4 Å². The molecule has 2 aliphatic carbocycles. The summed E-state index contributed by atoms with van der Waals surface area (Å²) in [6, 6.07) is 13.7. The highest BCUT2D eigenvalue weighted by Gasteiger charge is 2.36. The molecule has 0 radical (unpaired) electrons. The standard InChI is InChI=1S/C28H35FO2/c1-3-5-16-31-25-12-8-20(9-13-25)23-11-15-27(28(29)19-23)24-7-6-22-18-26(30-4-2)14-10-21(22)17-24/h3,5,8-9,11-13,15,19,21-22,24,26H,4,6-7,10,14,16-18H2,1-2H3/b5-3+. The van der Waals surface area contributed by atoms with Gasteiger partial charge in [-0.25, -0.2) is 4.39 Å². The largest absolute Gasteiger partial charge is 0.490 e. The molecular formula is C28H35FO2. The monoisotopic (exact) mass is 422 g/mol. The summed E-state index contributed by atoms with van der Waals surface area (Å²) in [7, 11) is 0. The second-order valence-corrected chi connectivity index (χ2v) is 9.06. The van der Waals surface area contributed by atoms with Gasteiger partial charge < -0.3 is 9.47 Å². The van der Waals surface area contributed by atoms with Gasteiger partial charge in [0.25, 0.3) is 0 Å². The van der Waals surface area contributed by atoms with Crippen molar-refractivity contribution < 1.29 is 13.9 Å². The van der Waals surface area contributed by atoms with Gasteiger partial charge in [0.05, 0.1) is 6.10 Å². The molecule has 0 saturated heterocycles. The lowest BCUT2D eigenvalue weighted by atomic mass is 9.65. The van der Waals surface area contributed by atoms with Crippen LogP contribution in [0.1, 0.15) is 63.9 Å². The van der Waals surface area contributed by atoms with Crippen LogP contribution in [0.25, 0.3) is 11.1 Å². The summed E-state index contributed by atoms with van der Waals surface area (Å²) in [5.41, 5.74) is 2.84. The van der Waals surface area contributed by atoms with E-state index in [2.05, 4.69) is 13.0 Å². The molecular weight excluding hydrogens is 387 g/mol. The first-order valence-corrected chi connectivity index (χ1v) is 11.9. The van der Waals surface area contributed by atoms with Crippen molar-refractivity contribution in [3.63, 3.8) is 0 Å². The maximum absolute atomic E-state index is 15.1.